The lowest BCUT2D eigenvalue weighted by atomic mass is 10.2. The fourth-order valence-corrected chi connectivity index (χ4v) is 5.07. The molecular weight excluding hydrogens is 430 g/mol. The molecular formula is C19H24ClN5O4S. The number of morpholine rings is 1. The van der Waals surface area contributed by atoms with Gasteiger partial charge in [-0.05, 0) is 24.3 Å². The van der Waals surface area contributed by atoms with Gasteiger partial charge in [-0.2, -0.15) is 4.31 Å². The number of imidazole rings is 1. The van der Waals surface area contributed by atoms with E-state index in [-0.39, 0.29) is 17.5 Å². The number of anilines is 1. The Morgan fingerprint density at radius 3 is 2.37 bits per heavy atom. The molecule has 0 radical (unpaired) electrons. The Morgan fingerprint density at radius 2 is 1.70 bits per heavy atom. The highest BCUT2D eigenvalue weighted by molar-refractivity contribution is 7.89. The van der Waals surface area contributed by atoms with Crippen LogP contribution in [0.4, 0.5) is 5.69 Å². The summed E-state index contributed by atoms with van der Waals surface area (Å²) in [5, 5.41) is 0.660. The van der Waals surface area contributed by atoms with Gasteiger partial charge in [0.25, 0.3) is 10.0 Å². The van der Waals surface area contributed by atoms with Crippen LogP contribution in [0.1, 0.15) is 0 Å². The number of amides is 1. The molecule has 2 aliphatic heterocycles. The molecule has 1 aromatic heterocycles. The van der Waals surface area contributed by atoms with Crippen molar-refractivity contribution in [1.29, 1.82) is 0 Å². The zero-order valence-electron chi connectivity index (χ0n) is 16.5. The molecule has 11 heteroatoms. The monoisotopic (exact) mass is 453 g/mol. The van der Waals surface area contributed by atoms with E-state index in [0.717, 1.165) is 18.8 Å². The molecule has 0 N–H and O–H groups in total. The van der Waals surface area contributed by atoms with Crippen molar-refractivity contribution >= 4 is 33.2 Å². The van der Waals surface area contributed by atoms with Gasteiger partial charge < -0.3 is 19.1 Å². The molecule has 0 spiro atoms. The number of halogens is 1. The van der Waals surface area contributed by atoms with Gasteiger partial charge in [0.15, 0.2) is 5.03 Å². The Balaban J connectivity index is 1.33. The summed E-state index contributed by atoms with van der Waals surface area (Å²) >= 11 is 5.94. The van der Waals surface area contributed by atoms with E-state index in [0.29, 0.717) is 44.4 Å². The zero-order valence-corrected chi connectivity index (χ0v) is 18.1. The second-order valence-electron chi connectivity index (χ2n) is 7.24. The van der Waals surface area contributed by atoms with Gasteiger partial charge in [-0.3, -0.25) is 4.79 Å². The number of hydrogen-bond donors (Lipinski definition) is 0. The number of benzene rings is 1. The Hall–Kier alpha value is -2.14. The van der Waals surface area contributed by atoms with E-state index in [1.54, 1.807) is 4.90 Å². The van der Waals surface area contributed by atoms with Gasteiger partial charge in [-0.1, -0.05) is 11.6 Å². The van der Waals surface area contributed by atoms with E-state index in [9.17, 15) is 13.2 Å². The average molecular weight is 454 g/mol. The van der Waals surface area contributed by atoms with E-state index >= 15 is 0 Å². The molecule has 4 rings (SSSR count). The van der Waals surface area contributed by atoms with Crippen LogP contribution >= 0.6 is 11.6 Å². The van der Waals surface area contributed by atoms with E-state index in [1.807, 2.05) is 24.3 Å². The molecule has 30 heavy (non-hydrogen) atoms. The molecule has 0 unspecified atom stereocenters. The maximum Gasteiger partial charge on any atom is 0.262 e. The Labute approximate surface area is 180 Å². The molecule has 2 saturated heterocycles. The summed E-state index contributed by atoms with van der Waals surface area (Å²) in [4.78, 5) is 20.7. The van der Waals surface area contributed by atoms with Crippen molar-refractivity contribution in [2.75, 3.05) is 57.4 Å². The van der Waals surface area contributed by atoms with Crippen molar-refractivity contribution < 1.29 is 17.9 Å². The van der Waals surface area contributed by atoms with Gasteiger partial charge in [0.1, 0.15) is 6.54 Å². The minimum absolute atomic E-state index is 0.0373. The molecule has 2 aromatic rings. The van der Waals surface area contributed by atoms with Crippen LogP contribution in [0.5, 0.6) is 0 Å². The second-order valence-corrected chi connectivity index (χ2v) is 9.57. The third-order valence-corrected chi connectivity index (χ3v) is 7.36. The first-order valence-electron chi connectivity index (χ1n) is 9.81. The molecule has 0 atom stereocenters. The number of hydrogen-bond acceptors (Lipinski definition) is 6. The minimum Gasteiger partial charge on any atom is -0.379 e. The van der Waals surface area contributed by atoms with Crippen molar-refractivity contribution in [3.63, 3.8) is 0 Å². The predicted octanol–water partition coefficient (Wildman–Crippen LogP) is 0.906. The maximum atomic E-state index is 12.7. The molecule has 1 aromatic carbocycles. The van der Waals surface area contributed by atoms with E-state index in [4.69, 9.17) is 16.3 Å². The summed E-state index contributed by atoms with van der Waals surface area (Å²) in [6.07, 6.45) is 2.82. The number of aromatic nitrogens is 2. The fourth-order valence-electron chi connectivity index (χ4n) is 3.60. The third kappa shape index (κ3) is 4.61. The Kier molecular flexibility index (Phi) is 6.28. The summed E-state index contributed by atoms with van der Waals surface area (Å²) in [6, 6.07) is 7.66. The largest absolute Gasteiger partial charge is 0.379 e. The lowest BCUT2D eigenvalue weighted by molar-refractivity contribution is -0.132. The van der Waals surface area contributed by atoms with Gasteiger partial charge >= 0.3 is 0 Å². The zero-order chi connectivity index (χ0) is 21.1. The summed E-state index contributed by atoms with van der Waals surface area (Å²) in [6.45, 7) is 4.11. The number of rotatable bonds is 5. The first-order chi connectivity index (χ1) is 14.4. The fraction of sp³-hybridized carbons (Fsp3) is 0.474. The highest BCUT2D eigenvalue weighted by atomic mass is 35.5. The average Bonchev–Trinajstić information content (AvgIpc) is 3.24. The van der Waals surface area contributed by atoms with Crippen LogP contribution in [0.3, 0.4) is 0 Å². The van der Waals surface area contributed by atoms with Crippen LogP contribution in [0.15, 0.2) is 41.8 Å². The second kappa shape index (κ2) is 8.93. The van der Waals surface area contributed by atoms with Crippen LogP contribution in [0.2, 0.25) is 5.02 Å². The third-order valence-electron chi connectivity index (χ3n) is 5.33. The van der Waals surface area contributed by atoms with Gasteiger partial charge in [0, 0.05) is 56.2 Å². The van der Waals surface area contributed by atoms with Crippen LogP contribution in [0.25, 0.3) is 0 Å². The standard InChI is InChI=1S/C19H24ClN5O4S/c20-16-1-3-17(4-2-16)23-5-7-24(8-6-23)19(26)14-22-13-18(21-15-22)30(27,28)25-9-11-29-12-10-25/h1-4,13,15H,5-12,14H2. The number of piperazine rings is 1. The summed E-state index contributed by atoms with van der Waals surface area (Å²) in [7, 11) is -3.66. The molecule has 3 heterocycles. The number of sulfonamides is 1. The molecule has 0 aliphatic carbocycles. The lowest BCUT2D eigenvalue weighted by Crippen LogP contribution is -2.49. The summed E-state index contributed by atoms with van der Waals surface area (Å²) in [5.74, 6) is -0.0570. The van der Waals surface area contributed by atoms with Crippen molar-refractivity contribution in [3.8, 4) is 0 Å². The lowest BCUT2D eigenvalue weighted by Gasteiger charge is -2.36. The minimum atomic E-state index is -3.66. The topological polar surface area (TPSA) is 88.0 Å². The normalized spacial score (nSPS) is 18.6. The first kappa shape index (κ1) is 21.1. The van der Waals surface area contributed by atoms with Crippen LogP contribution in [0, 0.1) is 0 Å². The van der Waals surface area contributed by atoms with Gasteiger partial charge in [-0.25, -0.2) is 13.4 Å². The molecule has 1 amide bonds. The van der Waals surface area contributed by atoms with E-state index in [2.05, 4.69) is 9.88 Å². The number of carbonyl (C=O) groups is 1. The SMILES string of the molecule is O=C(Cn1cnc(S(=O)(=O)N2CCOCC2)c1)N1CCN(c2ccc(Cl)cc2)CC1. The van der Waals surface area contributed by atoms with Gasteiger partial charge in [0.2, 0.25) is 5.91 Å². The molecule has 9 nitrogen and oxygen atoms in total. The van der Waals surface area contributed by atoms with Gasteiger partial charge in [-0.15, -0.1) is 0 Å². The van der Waals surface area contributed by atoms with E-state index < -0.39 is 10.0 Å². The van der Waals surface area contributed by atoms with E-state index in [1.165, 1.54) is 21.4 Å². The van der Waals surface area contributed by atoms with Crippen molar-refractivity contribution in [2.24, 2.45) is 0 Å². The van der Waals surface area contributed by atoms with Crippen molar-refractivity contribution in [2.45, 2.75) is 11.6 Å². The predicted molar refractivity (Wildman–Crippen MR) is 112 cm³/mol. The highest BCUT2D eigenvalue weighted by Crippen LogP contribution is 2.20. The smallest absolute Gasteiger partial charge is 0.262 e. The Morgan fingerprint density at radius 1 is 1.03 bits per heavy atom. The van der Waals surface area contributed by atoms with Crippen molar-refractivity contribution in [1.82, 2.24) is 18.8 Å². The maximum absolute atomic E-state index is 12.7. The molecule has 0 bridgehead atoms. The summed E-state index contributed by atoms with van der Waals surface area (Å²) < 4.78 is 33.4. The van der Waals surface area contributed by atoms with Crippen LogP contribution in [-0.4, -0.2) is 85.6 Å². The van der Waals surface area contributed by atoms with Gasteiger partial charge in [0.05, 0.1) is 19.5 Å². The Bertz CT molecular complexity index is 981. The van der Waals surface area contributed by atoms with Crippen LogP contribution < -0.4 is 4.90 Å². The molecule has 0 saturated carbocycles. The number of ether oxygens (including phenoxy) is 1. The molecule has 2 aliphatic rings. The summed E-state index contributed by atoms with van der Waals surface area (Å²) in [5.41, 5.74) is 1.08. The van der Waals surface area contributed by atoms with Crippen molar-refractivity contribution in [3.05, 3.63) is 41.8 Å². The number of carbonyl (C=O) groups excluding carboxylic acids is 1. The first-order valence-corrected chi connectivity index (χ1v) is 11.6. The highest BCUT2D eigenvalue weighted by Gasteiger charge is 2.29. The van der Waals surface area contributed by atoms with Crippen LogP contribution in [-0.2, 0) is 26.1 Å². The molecule has 2 fully saturated rings. The number of nitrogens with zero attached hydrogens (tertiary/aromatic N) is 5. The molecule has 162 valence electrons. The quantitative estimate of drug-likeness (QED) is 0.668.